The number of halogens is 2. The summed E-state index contributed by atoms with van der Waals surface area (Å²) in [5, 5.41) is -0.407. The van der Waals surface area contributed by atoms with Crippen LogP contribution >= 0.6 is 22.7 Å². The molecule has 0 aliphatic heterocycles. The lowest BCUT2D eigenvalue weighted by atomic mass is 10.2. The fourth-order valence-electron chi connectivity index (χ4n) is 0.569. The Bertz CT molecular complexity index is 274. The largest absolute Gasteiger partial charge is 0.276 e. The highest BCUT2D eigenvalue weighted by Gasteiger charge is 2.04. The first-order chi connectivity index (χ1) is 6.30. The molecular weight excluding hydrogens is 235 g/mol. The van der Waals surface area contributed by atoms with E-state index in [9.17, 15) is 4.79 Å². The van der Waals surface area contributed by atoms with Crippen LogP contribution in [0.3, 0.4) is 0 Å². The molecule has 0 saturated carbocycles. The van der Waals surface area contributed by atoms with Crippen molar-refractivity contribution in [2.75, 3.05) is 0 Å². The quantitative estimate of drug-likeness (QED) is 0.415. The smallest absolute Gasteiger partial charge is 0.252 e. The summed E-state index contributed by atoms with van der Waals surface area (Å²) in [6, 6.07) is 8.74. The molecule has 4 heteroatoms. The maximum atomic E-state index is 10.4. The zero-order valence-electron chi connectivity index (χ0n) is 8.55. The summed E-state index contributed by atoms with van der Waals surface area (Å²) in [7, 11) is -1.14. The van der Waals surface area contributed by atoms with Gasteiger partial charge in [0.1, 0.15) is 7.38 Å². The molecule has 0 radical (unpaired) electrons. The first kappa shape index (κ1) is 13.7. The van der Waals surface area contributed by atoms with Crippen LogP contribution in [-0.2, 0) is 0 Å². The minimum Gasteiger partial charge on any atom is -0.276 e. The second-order valence-corrected chi connectivity index (χ2v) is 11.6. The van der Waals surface area contributed by atoms with Crippen molar-refractivity contribution in [1.29, 1.82) is 0 Å². The van der Waals surface area contributed by atoms with Gasteiger partial charge in [0.05, 0.1) is 0 Å². The number of rotatable bonds is 1. The number of carbonyl (C=O) groups is 1. The molecule has 0 aliphatic rings. The third kappa shape index (κ3) is 9.77. The highest BCUT2D eigenvalue weighted by atomic mass is 35.6. The van der Waals surface area contributed by atoms with Gasteiger partial charge in [-0.3, -0.25) is 4.79 Å². The molecule has 0 atom stereocenters. The van der Waals surface area contributed by atoms with Crippen LogP contribution in [-0.4, -0.2) is 12.6 Å². The standard InChI is InChI=1S/C7H5ClO.C3H9ClSi/c8-7(9)6-4-2-1-3-5-6;1-5(2,3)4/h1-5H;1-3H3. The minimum absolute atomic E-state index is 0.407. The van der Waals surface area contributed by atoms with Crippen LogP contribution in [0.1, 0.15) is 10.4 Å². The second-order valence-electron chi connectivity index (χ2n) is 3.71. The molecule has 0 spiro atoms. The van der Waals surface area contributed by atoms with Gasteiger partial charge < -0.3 is 0 Å². The van der Waals surface area contributed by atoms with E-state index < -0.39 is 12.6 Å². The molecule has 0 fully saturated rings. The lowest BCUT2D eigenvalue weighted by molar-refractivity contribution is 0.108. The first-order valence-electron chi connectivity index (χ1n) is 4.24. The maximum Gasteiger partial charge on any atom is 0.252 e. The van der Waals surface area contributed by atoms with Crippen molar-refractivity contribution in [2.45, 2.75) is 19.6 Å². The summed E-state index contributed by atoms with van der Waals surface area (Å²) in [6.45, 7) is 6.28. The van der Waals surface area contributed by atoms with Gasteiger partial charge in [0.15, 0.2) is 0 Å². The van der Waals surface area contributed by atoms with E-state index in [-0.39, 0.29) is 0 Å². The van der Waals surface area contributed by atoms with Gasteiger partial charge in [-0.05, 0) is 11.6 Å². The summed E-state index contributed by atoms with van der Waals surface area (Å²) in [5.74, 6) is 0. The Labute approximate surface area is 95.8 Å². The van der Waals surface area contributed by atoms with Crippen molar-refractivity contribution in [1.82, 2.24) is 0 Å². The molecule has 0 bridgehead atoms. The van der Waals surface area contributed by atoms with Crippen molar-refractivity contribution >= 4 is 35.3 Å². The molecular formula is C10H14Cl2OSi. The molecule has 1 aromatic carbocycles. The van der Waals surface area contributed by atoms with Gasteiger partial charge in [0.25, 0.3) is 5.24 Å². The summed E-state index contributed by atoms with van der Waals surface area (Å²) in [4.78, 5) is 10.4. The summed E-state index contributed by atoms with van der Waals surface area (Å²) >= 11 is 10.8. The summed E-state index contributed by atoms with van der Waals surface area (Å²) < 4.78 is 0. The van der Waals surface area contributed by atoms with Gasteiger partial charge in [-0.2, -0.15) is 11.1 Å². The summed E-state index contributed by atoms with van der Waals surface area (Å²) in [5.41, 5.74) is 0.541. The van der Waals surface area contributed by atoms with E-state index in [4.69, 9.17) is 22.7 Å². The lowest BCUT2D eigenvalue weighted by Crippen LogP contribution is -2.06. The fraction of sp³-hybridized carbons (Fsp3) is 0.300. The van der Waals surface area contributed by atoms with Crippen LogP contribution < -0.4 is 0 Å². The Morgan fingerprint density at radius 2 is 1.50 bits per heavy atom. The van der Waals surface area contributed by atoms with Crippen LogP contribution in [0.2, 0.25) is 19.6 Å². The average Bonchev–Trinajstić information content (AvgIpc) is 2.03. The van der Waals surface area contributed by atoms with Gasteiger partial charge in [-0.1, -0.05) is 50.0 Å². The number of benzene rings is 1. The van der Waals surface area contributed by atoms with Crippen LogP contribution in [0.25, 0.3) is 0 Å². The molecule has 78 valence electrons. The molecule has 0 aromatic heterocycles. The van der Waals surface area contributed by atoms with Crippen LogP contribution in [0.4, 0.5) is 0 Å². The highest BCUT2D eigenvalue weighted by Crippen LogP contribution is 2.03. The van der Waals surface area contributed by atoms with Crippen LogP contribution in [0.15, 0.2) is 30.3 Å². The zero-order chi connectivity index (χ0) is 11.2. The van der Waals surface area contributed by atoms with Crippen molar-refractivity contribution in [3.63, 3.8) is 0 Å². The van der Waals surface area contributed by atoms with Crippen LogP contribution in [0, 0.1) is 0 Å². The number of hydrogen-bond acceptors (Lipinski definition) is 1. The number of carbonyl (C=O) groups excluding carboxylic acids is 1. The van der Waals surface area contributed by atoms with Crippen LogP contribution in [0.5, 0.6) is 0 Å². The third-order valence-electron chi connectivity index (χ3n) is 1.00. The fourth-order valence-corrected chi connectivity index (χ4v) is 0.695. The SMILES string of the molecule is C[Si](C)(C)Cl.O=C(Cl)c1ccccc1. The normalized spacial score (nSPS) is 10.1. The average molecular weight is 249 g/mol. The molecule has 0 saturated heterocycles. The Morgan fingerprint density at radius 1 is 1.14 bits per heavy atom. The topological polar surface area (TPSA) is 17.1 Å². The van der Waals surface area contributed by atoms with E-state index in [1.165, 1.54) is 0 Å². The Morgan fingerprint density at radius 3 is 1.71 bits per heavy atom. The molecule has 0 heterocycles. The minimum atomic E-state index is -1.14. The van der Waals surface area contributed by atoms with Gasteiger partial charge in [-0.25, -0.2) is 0 Å². The monoisotopic (exact) mass is 248 g/mol. The van der Waals surface area contributed by atoms with E-state index in [1.54, 1.807) is 24.3 Å². The van der Waals surface area contributed by atoms with E-state index in [1.807, 2.05) is 6.07 Å². The first-order valence-corrected chi connectivity index (χ1v) is 9.13. The second kappa shape index (κ2) is 6.22. The Hall–Kier alpha value is -0.313. The van der Waals surface area contributed by atoms with Gasteiger partial charge in [0.2, 0.25) is 0 Å². The molecule has 0 unspecified atom stereocenters. The maximum absolute atomic E-state index is 10.4. The van der Waals surface area contributed by atoms with Crippen molar-refractivity contribution in [3.05, 3.63) is 35.9 Å². The molecule has 0 N–H and O–H groups in total. The Balaban J connectivity index is 0.000000292. The van der Waals surface area contributed by atoms with Crippen molar-refractivity contribution < 1.29 is 4.79 Å². The predicted octanol–water partition coefficient (Wildman–Crippen LogP) is 4.13. The van der Waals surface area contributed by atoms with Gasteiger partial charge >= 0.3 is 0 Å². The highest BCUT2D eigenvalue weighted by molar-refractivity contribution is 7.18. The van der Waals surface area contributed by atoms with E-state index >= 15 is 0 Å². The van der Waals surface area contributed by atoms with Crippen molar-refractivity contribution in [2.24, 2.45) is 0 Å². The molecule has 0 aliphatic carbocycles. The summed E-state index contributed by atoms with van der Waals surface area (Å²) in [6.07, 6.45) is 0. The van der Waals surface area contributed by atoms with E-state index in [0.29, 0.717) is 5.56 Å². The predicted molar refractivity (Wildman–Crippen MR) is 65.8 cm³/mol. The molecule has 1 aromatic rings. The Kier molecular flexibility index (Phi) is 6.08. The van der Waals surface area contributed by atoms with Gasteiger partial charge in [-0.15, -0.1) is 0 Å². The zero-order valence-corrected chi connectivity index (χ0v) is 11.1. The van der Waals surface area contributed by atoms with E-state index in [2.05, 4.69) is 19.6 Å². The molecule has 14 heavy (non-hydrogen) atoms. The third-order valence-corrected chi connectivity index (χ3v) is 1.22. The van der Waals surface area contributed by atoms with Gasteiger partial charge in [0, 0.05) is 5.56 Å². The number of hydrogen-bond donors (Lipinski definition) is 0. The van der Waals surface area contributed by atoms with E-state index in [0.717, 1.165) is 0 Å². The lowest BCUT2D eigenvalue weighted by Gasteiger charge is -1.97. The molecule has 1 rings (SSSR count). The van der Waals surface area contributed by atoms with Crippen molar-refractivity contribution in [3.8, 4) is 0 Å². The molecule has 1 nitrogen and oxygen atoms in total. The molecule has 0 amide bonds.